The molecule has 1 saturated heterocycles. The molecule has 112 valence electrons. The Morgan fingerprint density at radius 1 is 1.33 bits per heavy atom. The van der Waals surface area contributed by atoms with E-state index in [4.69, 9.17) is 9.84 Å². The van der Waals surface area contributed by atoms with Gasteiger partial charge < -0.3 is 15.2 Å². The molecule has 0 aliphatic carbocycles. The molecule has 0 atom stereocenters. The summed E-state index contributed by atoms with van der Waals surface area (Å²) in [5.74, 6) is -1.94. The van der Waals surface area contributed by atoms with Gasteiger partial charge in [0.2, 0.25) is 5.91 Å². The number of carbonyl (C=O) groups is 2. The molecule has 1 fully saturated rings. The van der Waals surface area contributed by atoms with Crippen LogP contribution in [0, 0.1) is 11.7 Å². The minimum atomic E-state index is -1.16. The summed E-state index contributed by atoms with van der Waals surface area (Å²) in [5.41, 5.74) is 0.556. The molecular weight excluding hydrogens is 277 g/mol. The molecule has 2 N–H and O–H groups in total. The summed E-state index contributed by atoms with van der Waals surface area (Å²) in [7, 11) is 0. The van der Waals surface area contributed by atoms with Crippen LogP contribution in [-0.4, -0.2) is 30.2 Å². The van der Waals surface area contributed by atoms with E-state index < -0.39 is 11.8 Å². The molecule has 0 radical (unpaired) electrons. The highest BCUT2D eigenvalue weighted by atomic mass is 19.1. The minimum Gasteiger partial charge on any atom is -0.478 e. The zero-order chi connectivity index (χ0) is 15.2. The first-order valence-electron chi connectivity index (χ1n) is 6.65. The molecule has 0 saturated carbocycles. The quantitative estimate of drug-likeness (QED) is 0.835. The number of rotatable bonds is 4. The van der Waals surface area contributed by atoms with Gasteiger partial charge >= 0.3 is 5.97 Å². The Morgan fingerprint density at radius 2 is 2.05 bits per heavy atom. The minimum absolute atomic E-state index is 0.109. The first-order chi connectivity index (χ1) is 10.1. The fourth-order valence-corrected chi connectivity index (χ4v) is 2.11. The number of aliphatic carboxylic acids is 1. The number of anilines is 1. The third kappa shape index (κ3) is 4.39. The zero-order valence-electron chi connectivity index (χ0n) is 11.3. The Morgan fingerprint density at radius 3 is 2.71 bits per heavy atom. The van der Waals surface area contributed by atoms with Crippen molar-refractivity contribution in [3.63, 3.8) is 0 Å². The summed E-state index contributed by atoms with van der Waals surface area (Å²) in [4.78, 5) is 22.5. The fraction of sp³-hybridized carbons (Fsp3) is 0.333. The average Bonchev–Trinajstić information content (AvgIpc) is 2.48. The number of benzene rings is 1. The lowest BCUT2D eigenvalue weighted by Gasteiger charge is -2.21. The second kappa shape index (κ2) is 6.99. The molecule has 1 aliphatic heterocycles. The van der Waals surface area contributed by atoms with E-state index in [-0.39, 0.29) is 17.4 Å². The number of amides is 1. The van der Waals surface area contributed by atoms with Gasteiger partial charge in [-0.3, -0.25) is 4.79 Å². The van der Waals surface area contributed by atoms with Crippen molar-refractivity contribution < 1.29 is 23.8 Å². The van der Waals surface area contributed by atoms with Gasteiger partial charge in [0.15, 0.2) is 0 Å². The summed E-state index contributed by atoms with van der Waals surface area (Å²) in [6.07, 6.45) is 3.34. The van der Waals surface area contributed by atoms with Crippen molar-refractivity contribution in [3.05, 3.63) is 35.7 Å². The van der Waals surface area contributed by atoms with Crippen LogP contribution >= 0.6 is 0 Å². The highest BCUT2D eigenvalue weighted by molar-refractivity contribution is 5.93. The topological polar surface area (TPSA) is 75.6 Å². The Kier molecular flexibility index (Phi) is 5.05. The number of hydrogen-bond acceptors (Lipinski definition) is 3. The molecule has 0 spiro atoms. The van der Waals surface area contributed by atoms with Crippen LogP contribution < -0.4 is 5.32 Å². The fourth-order valence-electron chi connectivity index (χ4n) is 2.11. The number of ether oxygens (including phenoxy) is 1. The van der Waals surface area contributed by atoms with Crippen LogP contribution in [0.1, 0.15) is 18.4 Å². The predicted octanol–water partition coefficient (Wildman–Crippen LogP) is 2.29. The van der Waals surface area contributed by atoms with Gasteiger partial charge in [0.1, 0.15) is 5.82 Å². The Hall–Kier alpha value is -2.21. The normalized spacial score (nSPS) is 16.0. The lowest BCUT2D eigenvalue weighted by atomic mass is 9.99. The first-order valence-corrected chi connectivity index (χ1v) is 6.65. The van der Waals surface area contributed by atoms with Crippen molar-refractivity contribution in [1.29, 1.82) is 0 Å². The van der Waals surface area contributed by atoms with Gasteiger partial charge in [-0.15, -0.1) is 0 Å². The predicted molar refractivity (Wildman–Crippen MR) is 75.2 cm³/mol. The van der Waals surface area contributed by atoms with E-state index >= 15 is 0 Å². The number of carbonyl (C=O) groups excluding carboxylic acids is 1. The summed E-state index contributed by atoms with van der Waals surface area (Å²) >= 11 is 0. The van der Waals surface area contributed by atoms with Gasteiger partial charge in [0, 0.05) is 36.5 Å². The van der Waals surface area contributed by atoms with E-state index in [2.05, 4.69) is 5.32 Å². The molecule has 1 heterocycles. The Bertz CT molecular complexity index is 565. The van der Waals surface area contributed by atoms with Crippen LogP contribution in [-0.2, 0) is 14.3 Å². The third-order valence-corrected chi connectivity index (χ3v) is 3.26. The molecule has 0 unspecified atom stereocenters. The second-order valence-electron chi connectivity index (χ2n) is 4.78. The van der Waals surface area contributed by atoms with E-state index in [0.29, 0.717) is 31.7 Å². The second-order valence-corrected chi connectivity index (χ2v) is 4.78. The lowest BCUT2D eigenvalue weighted by Crippen LogP contribution is -2.28. The number of halogens is 1. The maximum absolute atomic E-state index is 13.5. The molecular formula is C15H16FNO4. The highest BCUT2D eigenvalue weighted by Gasteiger charge is 2.21. The molecule has 1 aromatic rings. The van der Waals surface area contributed by atoms with E-state index in [1.54, 1.807) is 0 Å². The molecule has 6 heteroatoms. The maximum Gasteiger partial charge on any atom is 0.328 e. The Balaban J connectivity index is 2.07. The molecule has 0 aromatic heterocycles. The smallest absolute Gasteiger partial charge is 0.328 e. The summed E-state index contributed by atoms with van der Waals surface area (Å²) in [6, 6.07) is 4.05. The molecule has 1 aliphatic rings. The van der Waals surface area contributed by atoms with Gasteiger partial charge in [0.05, 0.1) is 0 Å². The van der Waals surface area contributed by atoms with Crippen molar-refractivity contribution in [2.75, 3.05) is 18.5 Å². The first kappa shape index (κ1) is 15.2. The van der Waals surface area contributed by atoms with Crippen molar-refractivity contribution in [3.8, 4) is 0 Å². The van der Waals surface area contributed by atoms with E-state index in [0.717, 1.165) is 12.2 Å². The van der Waals surface area contributed by atoms with Crippen LogP contribution in [0.25, 0.3) is 6.08 Å². The van der Waals surface area contributed by atoms with Gasteiger partial charge in [-0.2, -0.15) is 0 Å². The van der Waals surface area contributed by atoms with Crippen molar-refractivity contribution in [2.45, 2.75) is 12.8 Å². The van der Waals surface area contributed by atoms with E-state index in [1.165, 1.54) is 18.2 Å². The summed E-state index contributed by atoms with van der Waals surface area (Å²) in [6.45, 7) is 1.13. The van der Waals surface area contributed by atoms with Crippen LogP contribution in [0.15, 0.2) is 24.3 Å². The van der Waals surface area contributed by atoms with Gasteiger partial charge in [-0.1, -0.05) is 0 Å². The third-order valence-electron chi connectivity index (χ3n) is 3.26. The van der Waals surface area contributed by atoms with Crippen LogP contribution in [0.2, 0.25) is 0 Å². The molecule has 1 aromatic carbocycles. The number of hydrogen-bond donors (Lipinski definition) is 2. The molecule has 1 amide bonds. The SMILES string of the molecule is O=C(O)/C=C/c1cc(NC(=O)C2CCOCC2)ccc1F. The number of carboxylic acids is 1. The average molecular weight is 293 g/mol. The molecule has 5 nitrogen and oxygen atoms in total. The van der Waals surface area contributed by atoms with E-state index in [1.807, 2.05) is 0 Å². The summed E-state index contributed by atoms with van der Waals surface area (Å²) < 4.78 is 18.7. The van der Waals surface area contributed by atoms with Crippen LogP contribution in [0.3, 0.4) is 0 Å². The number of carboxylic acid groups (broad SMARTS) is 1. The van der Waals surface area contributed by atoms with Gasteiger partial charge in [-0.05, 0) is 37.1 Å². The lowest BCUT2D eigenvalue weighted by molar-refractivity contribution is -0.131. The van der Waals surface area contributed by atoms with Crippen LogP contribution in [0.4, 0.5) is 10.1 Å². The van der Waals surface area contributed by atoms with Crippen molar-refractivity contribution in [2.24, 2.45) is 5.92 Å². The molecule has 21 heavy (non-hydrogen) atoms. The van der Waals surface area contributed by atoms with E-state index in [9.17, 15) is 14.0 Å². The molecule has 2 rings (SSSR count). The highest BCUT2D eigenvalue weighted by Crippen LogP contribution is 2.20. The van der Waals surface area contributed by atoms with Crippen LogP contribution in [0.5, 0.6) is 0 Å². The zero-order valence-corrected chi connectivity index (χ0v) is 11.3. The Labute approximate surface area is 121 Å². The number of nitrogens with one attached hydrogen (secondary N) is 1. The van der Waals surface area contributed by atoms with Gasteiger partial charge in [0.25, 0.3) is 0 Å². The summed E-state index contributed by atoms with van der Waals surface area (Å²) in [5, 5.41) is 11.3. The molecule has 0 bridgehead atoms. The van der Waals surface area contributed by atoms with Crippen molar-refractivity contribution in [1.82, 2.24) is 0 Å². The maximum atomic E-state index is 13.5. The van der Waals surface area contributed by atoms with Gasteiger partial charge in [-0.25, -0.2) is 9.18 Å². The standard InChI is InChI=1S/C15H16FNO4/c16-13-3-2-12(9-11(13)1-4-14(18)19)17-15(20)10-5-7-21-8-6-10/h1-4,9-10H,5-8H2,(H,17,20)(H,18,19)/b4-1+. The van der Waals surface area contributed by atoms with Crippen molar-refractivity contribution >= 4 is 23.6 Å². The largest absolute Gasteiger partial charge is 0.478 e. The monoisotopic (exact) mass is 293 g/mol.